The first kappa shape index (κ1) is 90.0. The molecule has 1 aromatic rings. The predicted octanol–water partition coefficient (Wildman–Crippen LogP) is -0.870. The standard InChI is InChI=1S/C67H118N17O17P/c1-38(2)36-45(70)57(89)81-54(39(3)4)64(96)78-48(22-18-34-75-67(72)73)60(92)80-50(37-43-25-27-44(28-26-43)101-102(10,99)100-41(7)8)62(94)83-56(42(9)85)65(97)79-46(20-13-15-31-68)59(91)76-47(21-14-16-32-69)61(93)82-55(40(5)6)66(98)84-35-19-23-51(84)63(95)77-49(29-30-52(71)86)58(90)74-33-17-11-12-24-53(87)88/h25-28,38-42,45-51,54-56,85H,11-24,29-37,68-70H2,1-10H3,(H2,71,86)(H,74,90)(H,76,91)(H,77,95)(H,78,96)(H,79,97)(H,80,92)(H,81,89)(H,82,93)(H,83,94)(H,87,88)(H4,72,73,75)/t42-,45+,46+,47+,48+,49+,50+,51+,54+,55+,56+,102?/m1/s1. The third-order valence-corrected chi connectivity index (χ3v) is 17.9. The molecular weight excluding hydrogens is 1350 g/mol. The number of primary amides is 1. The van der Waals surface area contributed by atoms with Gasteiger partial charge in [0.1, 0.15) is 60.1 Å². The van der Waals surface area contributed by atoms with E-state index in [1.807, 2.05) is 13.8 Å². The molecule has 0 aromatic heterocycles. The van der Waals surface area contributed by atoms with Crippen molar-refractivity contribution in [1.29, 1.82) is 0 Å². The van der Waals surface area contributed by atoms with E-state index in [9.17, 15) is 67.2 Å². The average Bonchev–Trinajstić information content (AvgIpc) is 1.70. The number of hydrogen-bond acceptors (Lipinski definition) is 20. The summed E-state index contributed by atoms with van der Waals surface area (Å²) in [5, 5.41) is 44.3. The van der Waals surface area contributed by atoms with E-state index < -0.39 is 163 Å². The van der Waals surface area contributed by atoms with Gasteiger partial charge in [-0.1, -0.05) is 60.1 Å². The van der Waals surface area contributed by atoms with Crippen LogP contribution in [0.4, 0.5) is 0 Å². The number of aliphatic hydroxyl groups excluding tert-OH is 1. The number of guanidine groups is 1. The highest BCUT2D eigenvalue weighted by Gasteiger charge is 2.42. The van der Waals surface area contributed by atoms with E-state index in [0.717, 1.165) is 0 Å². The second-order valence-electron chi connectivity index (χ2n) is 27.3. The largest absolute Gasteiger partial charge is 0.481 e. The first-order valence-electron chi connectivity index (χ1n) is 35.4. The van der Waals surface area contributed by atoms with Gasteiger partial charge < -0.3 is 102 Å². The van der Waals surface area contributed by atoms with Crippen LogP contribution in [0.2, 0.25) is 0 Å². The van der Waals surface area contributed by atoms with Gasteiger partial charge in [-0.3, -0.25) is 67.1 Å². The Morgan fingerprint density at radius 2 is 1.09 bits per heavy atom. The summed E-state index contributed by atoms with van der Waals surface area (Å²) in [6.07, 6.45) is 0.609. The smallest absolute Gasteiger partial charge is 0.376 e. The third-order valence-electron chi connectivity index (χ3n) is 16.5. The van der Waals surface area contributed by atoms with E-state index in [0.29, 0.717) is 56.9 Å². The van der Waals surface area contributed by atoms with E-state index in [4.69, 9.17) is 48.6 Å². The molecule has 578 valence electrons. The fourth-order valence-corrected chi connectivity index (χ4v) is 12.5. The number of unbranched alkanes of at least 4 members (excludes halogenated alkanes) is 4. The minimum atomic E-state index is -3.60. The Kier molecular flexibility index (Phi) is 41.1. The molecule has 0 radical (unpaired) electrons. The molecule has 1 unspecified atom stereocenters. The summed E-state index contributed by atoms with van der Waals surface area (Å²) in [4.78, 5) is 171. The van der Waals surface area contributed by atoms with E-state index in [2.05, 4.69) is 52.8 Å². The summed E-state index contributed by atoms with van der Waals surface area (Å²) in [5.74, 6) is -10.8. The molecule has 1 aromatic carbocycles. The molecular formula is C67H118N17O17P. The molecule has 1 heterocycles. The zero-order chi connectivity index (χ0) is 77.0. The summed E-state index contributed by atoms with van der Waals surface area (Å²) in [5.41, 5.74) is 34.8. The number of likely N-dealkylation sites (tertiary alicyclic amines) is 1. The Bertz CT molecular complexity index is 2970. The maximum atomic E-state index is 14.9. The molecule has 34 nitrogen and oxygen atoms in total. The molecule has 2 rings (SSSR count). The Morgan fingerprint density at radius 3 is 1.60 bits per heavy atom. The van der Waals surface area contributed by atoms with Gasteiger partial charge in [0.2, 0.25) is 65.0 Å². The molecule has 0 saturated carbocycles. The van der Waals surface area contributed by atoms with E-state index >= 15 is 0 Å². The maximum absolute atomic E-state index is 14.9. The highest BCUT2D eigenvalue weighted by atomic mass is 31.2. The molecule has 1 fully saturated rings. The molecule has 12 atom stereocenters. The van der Waals surface area contributed by atoms with Gasteiger partial charge in [-0.25, -0.2) is 4.57 Å². The predicted molar refractivity (Wildman–Crippen MR) is 383 cm³/mol. The highest BCUT2D eigenvalue weighted by molar-refractivity contribution is 7.53. The van der Waals surface area contributed by atoms with Crippen LogP contribution in [0.25, 0.3) is 0 Å². The van der Waals surface area contributed by atoms with Crippen LogP contribution in [0.1, 0.15) is 177 Å². The van der Waals surface area contributed by atoms with Crippen LogP contribution in [0, 0.1) is 17.8 Å². The molecule has 0 aliphatic carbocycles. The quantitative estimate of drug-likeness (QED) is 0.0163. The second kappa shape index (κ2) is 46.5. The minimum Gasteiger partial charge on any atom is -0.481 e. The molecule has 23 N–H and O–H groups in total. The SMILES string of the molecule is CC(C)C[C@H](N)C(=O)N[C@H](C(=O)N[C@@H](CCCN=C(N)N)C(=O)N[C@@H](Cc1ccc(OP(C)(=O)OC(C)C)cc1)C(=O)N[C@H](C(=O)N[C@@H](CCCCN)C(=O)N[C@@H](CCCCN)C(=O)N[C@H](C(=O)N1CCC[C@H]1C(=O)N[C@@H](CCC(N)=O)C(=O)NCCCCCC(=O)O)C(C)C)[C@@H](C)O)C(C)C. The zero-order valence-corrected chi connectivity index (χ0v) is 62.0. The Balaban J connectivity index is 2.59. The van der Waals surface area contributed by atoms with E-state index in [1.54, 1.807) is 41.5 Å². The lowest BCUT2D eigenvalue weighted by Gasteiger charge is -2.32. The van der Waals surface area contributed by atoms with Crippen LogP contribution in [0.5, 0.6) is 5.75 Å². The van der Waals surface area contributed by atoms with Gasteiger partial charge >= 0.3 is 13.6 Å². The summed E-state index contributed by atoms with van der Waals surface area (Å²) < 4.78 is 24.2. The number of carboxylic acids is 1. The molecule has 35 heteroatoms. The van der Waals surface area contributed by atoms with Crippen molar-refractivity contribution in [1.82, 2.24) is 52.8 Å². The fraction of sp³-hybridized carbons (Fsp3) is 0.716. The molecule has 0 spiro atoms. The zero-order valence-electron chi connectivity index (χ0n) is 61.1. The number of aliphatic hydroxyl groups is 1. The van der Waals surface area contributed by atoms with Gasteiger partial charge in [0.15, 0.2) is 5.96 Å². The van der Waals surface area contributed by atoms with E-state index in [1.165, 1.54) is 42.8 Å². The van der Waals surface area contributed by atoms with Crippen molar-refractivity contribution in [3.63, 3.8) is 0 Å². The number of nitrogens with two attached hydrogens (primary N) is 6. The number of hydrogen-bond donors (Lipinski definition) is 17. The second-order valence-corrected chi connectivity index (χ2v) is 29.2. The molecule has 1 aliphatic rings. The number of rotatable bonds is 50. The van der Waals surface area contributed by atoms with Crippen LogP contribution in [0.3, 0.4) is 0 Å². The molecule has 0 bridgehead atoms. The number of carboxylic acid groups (broad SMARTS) is 1. The summed E-state index contributed by atoms with van der Waals surface area (Å²) in [6, 6.07) is -7.45. The van der Waals surface area contributed by atoms with Gasteiger partial charge in [0.05, 0.1) is 18.2 Å². The van der Waals surface area contributed by atoms with Crippen LogP contribution in [-0.4, -0.2) is 204 Å². The number of aliphatic carboxylic acids is 1. The molecule has 102 heavy (non-hydrogen) atoms. The van der Waals surface area contributed by atoms with Gasteiger partial charge in [-0.15, -0.1) is 0 Å². The number of benzene rings is 1. The number of nitrogens with one attached hydrogen (secondary N) is 9. The minimum absolute atomic E-state index is 0.00687. The topological polar surface area (TPSA) is 561 Å². The van der Waals surface area contributed by atoms with Gasteiger partial charge in [0.25, 0.3) is 0 Å². The Hall–Kier alpha value is -8.04. The first-order valence-corrected chi connectivity index (χ1v) is 37.4. The number of carbonyl (C=O) groups excluding carboxylic acids is 11. The lowest BCUT2D eigenvalue weighted by atomic mass is 9.99. The lowest BCUT2D eigenvalue weighted by molar-refractivity contribution is -0.143. The average molecular weight is 1460 g/mol. The van der Waals surface area contributed by atoms with Crippen molar-refractivity contribution in [3.05, 3.63) is 29.8 Å². The highest BCUT2D eigenvalue weighted by Crippen LogP contribution is 2.45. The van der Waals surface area contributed by atoms with Crippen molar-refractivity contribution >= 4 is 84.5 Å². The van der Waals surface area contributed by atoms with Crippen molar-refractivity contribution in [2.45, 2.75) is 251 Å². The van der Waals surface area contributed by atoms with Crippen LogP contribution >= 0.6 is 7.60 Å². The molecule has 1 saturated heterocycles. The van der Waals surface area contributed by atoms with Crippen molar-refractivity contribution in [2.75, 3.05) is 39.4 Å². The number of amides is 11. The van der Waals surface area contributed by atoms with Crippen molar-refractivity contribution in [3.8, 4) is 5.75 Å². The number of carbonyl (C=O) groups is 12. The third kappa shape index (κ3) is 34.3. The summed E-state index contributed by atoms with van der Waals surface area (Å²) in [7, 11) is -3.60. The van der Waals surface area contributed by atoms with Crippen LogP contribution in [-0.2, 0) is 73.0 Å². The Labute approximate surface area is 599 Å². The van der Waals surface area contributed by atoms with Gasteiger partial charge in [-0.2, -0.15) is 0 Å². The van der Waals surface area contributed by atoms with Crippen LogP contribution in [0.15, 0.2) is 29.3 Å². The normalized spacial score (nSPS) is 16.5. The van der Waals surface area contributed by atoms with Gasteiger partial charge in [0, 0.05) is 45.6 Å². The van der Waals surface area contributed by atoms with Crippen molar-refractivity contribution < 1.29 is 81.4 Å². The van der Waals surface area contributed by atoms with Crippen molar-refractivity contribution in [2.24, 2.45) is 57.1 Å². The first-order chi connectivity index (χ1) is 47.9. The summed E-state index contributed by atoms with van der Waals surface area (Å²) >= 11 is 0. The van der Waals surface area contributed by atoms with Gasteiger partial charge in [-0.05, 0) is 159 Å². The maximum Gasteiger partial charge on any atom is 0.376 e. The molecule has 11 amide bonds. The monoisotopic (exact) mass is 1460 g/mol. The molecule has 1 aliphatic heterocycles. The van der Waals surface area contributed by atoms with Crippen LogP contribution < -0.4 is 86.8 Å². The fourth-order valence-electron chi connectivity index (χ4n) is 11.1. The number of nitrogens with zero attached hydrogens (tertiary/aromatic N) is 2. The summed E-state index contributed by atoms with van der Waals surface area (Å²) in [6.45, 7) is 17.0. The lowest BCUT2D eigenvalue weighted by Crippen LogP contribution is -2.62. The number of aliphatic imine (C=N–C) groups is 1. The van der Waals surface area contributed by atoms with E-state index in [-0.39, 0.29) is 115 Å². The Morgan fingerprint density at radius 1 is 0.588 bits per heavy atom.